The van der Waals surface area contributed by atoms with Gasteiger partial charge in [0.15, 0.2) is 0 Å². The third-order valence-corrected chi connectivity index (χ3v) is 3.95. The topological polar surface area (TPSA) is 35.9 Å². The van der Waals surface area contributed by atoms with Crippen molar-refractivity contribution in [2.75, 3.05) is 44.2 Å². The molecule has 0 spiro atoms. The molecule has 1 atom stereocenters. The predicted molar refractivity (Wildman–Crippen MR) is 90.0 cm³/mol. The molecule has 0 radical (unpaired) electrons. The summed E-state index contributed by atoms with van der Waals surface area (Å²) in [7, 11) is 0. The lowest BCUT2D eigenvalue weighted by Gasteiger charge is -2.37. The van der Waals surface area contributed by atoms with Gasteiger partial charge in [0, 0.05) is 38.4 Å². The minimum atomic E-state index is -0.618. The number of para-hydroxylation sites is 1. The monoisotopic (exact) mass is 302 g/mol. The van der Waals surface area contributed by atoms with Crippen LogP contribution >= 0.6 is 0 Å². The molecule has 1 aliphatic heterocycles. The summed E-state index contributed by atoms with van der Waals surface area (Å²) in [5, 5.41) is 10.1. The summed E-state index contributed by atoms with van der Waals surface area (Å²) >= 11 is 0. The fourth-order valence-electron chi connectivity index (χ4n) is 2.52. The summed E-state index contributed by atoms with van der Waals surface area (Å²) in [4.78, 5) is 4.65. The Morgan fingerprint density at radius 2 is 1.86 bits per heavy atom. The van der Waals surface area contributed by atoms with Crippen LogP contribution in [0.3, 0.4) is 0 Å². The summed E-state index contributed by atoms with van der Waals surface area (Å²) in [6.07, 6.45) is 4.87. The van der Waals surface area contributed by atoms with Crippen LogP contribution in [0.15, 0.2) is 30.3 Å². The summed E-state index contributed by atoms with van der Waals surface area (Å²) in [5.74, 6) is 2.57. The smallest absolute Gasteiger partial charge is 0.122 e. The van der Waals surface area contributed by atoms with E-state index in [2.05, 4.69) is 40.0 Å². The van der Waals surface area contributed by atoms with Crippen molar-refractivity contribution in [3.05, 3.63) is 30.3 Å². The number of hydrogen-bond acceptors (Lipinski definition) is 4. The Balaban J connectivity index is 1.72. The van der Waals surface area contributed by atoms with Gasteiger partial charge in [-0.1, -0.05) is 24.1 Å². The Morgan fingerprint density at radius 3 is 2.45 bits per heavy atom. The Morgan fingerprint density at radius 1 is 1.23 bits per heavy atom. The number of hydrogen-bond donors (Lipinski definition) is 1. The van der Waals surface area contributed by atoms with Gasteiger partial charge in [-0.15, -0.1) is 6.42 Å². The van der Waals surface area contributed by atoms with Crippen LogP contribution in [0.2, 0.25) is 0 Å². The van der Waals surface area contributed by atoms with Gasteiger partial charge in [-0.2, -0.15) is 0 Å². The van der Waals surface area contributed by atoms with Crippen LogP contribution in [0.25, 0.3) is 0 Å². The van der Waals surface area contributed by atoms with Crippen molar-refractivity contribution in [1.82, 2.24) is 4.90 Å². The van der Waals surface area contributed by atoms with Crippen LogP contribution in [-0.4, -0.2) is 61.0 Å². The molecule has 1 saturated heterocycles. The SMILES string of the molecule is C#CC(C)(C)OC[C@H](O)CN1CCN(c2ccccc2)CC1. The highest BCUT2D eigenvalue weighted by molar-refractivity contribution is 5.46. The molecule has 0 amide bonds. The van der Waals surface area contributed by atoms with E-state index in [0.717, 1.165) is 26.2 Å². The Hall–Kier alpha value is -1.54. The quantitative estimate of drug-likeness (QED) is 0.810. The van der Waals surface area contributed by atoms with Crippen molar-refractivity contribution in [3.63, 3.8) is 0 Å². The van der Waals surface area contributed by atoms with Crippen molar-refractivity contribution in [2.24, 2.45) is 0 Å². The lowest BCUT2D eigenvalue weighted by atomic mass is 10.1. The summed E-state index contributed by atoms with van der Waals surface area (Å²) < 4.78 is 5.55. The first kappa shape index (κ1) is 16.8. The van der Waals surface area contributed by atoms with Gasteiger partial charge in [-0.3, -0.25) is 4.90 Å². The number of nitrogens with zero attached hydrogens (tertiary/aromatic N) is 2. The van der Waals surface area contributed by atoms with Gasteiger partial charge in [-0.25, -0.2) is 0 Å². The van der Waals surface area contributed by atoms with E-state index < -0.39 is 11.7 Å². The molecule has 1 aliphatic rings. The van der Waals surface area contributed by atoms with Crippen LogP contribution in [0.4, 0.5) is 5.69 Å². The minimum Gasteiger partial charge on any atom is -0.389 e. The van der Waals surface area contributed by atoms with Crippen LogP contribution in [0.1, 0.15) is 13.8 Å². The zero-order valence-corrected chi connectivity index (χ0v) is 13.5. The number of terminal acetylenes is 1. The predicted octanol–water partition coefficient (Wildman–Crippen LogP) is 1.60. The van der Waals surface area contributed by atoms with E-state index in [1.807, 2.05) is 19.9 Å². The number of aliphatic hydroxyl groups excluding tert-OH is 1. The largest absolute Gasteiger partial charge is 0.389 e. The standard InChI is InChI=1S/C18H26N2O2/c1-4-18(2,3)22-15-17(21)14-19-10-12-20(13-11-19)16-8-6-5-7-9-16/h1,5-9,17,21H,10-15H2,2-3H3/t17-/m1/s1. The molecule has 0 unspecified atom stereocenters. The molecule has 1 heterocycles. The first-order valence-electron chi connectivity index (χ1n) is 7.82. The fraction of sp³-hybridized carbons (Fsp3) is 0.556. The normalized spacial score (nSPS) is 18.0. The molecule has 0 aromatic heterocycles. The maximum Gasteiger partial charge on any atom is 0.122 e. The molecule has 4 nitrogen and oxygen atoms in total. The molecule has 1 fully saturated rings. The average Bonchev–Trinajstić information content (AvgIpc) is 2.55. The number of aliphatic hydroxyl groups is 1. The van der Waals surface area contributed by atoms with Gasteiger partial charge in [-0.05, 0) is 26.0 Å². The molecule has 120 valence electrons. The third kappa shape index (κ3) is 5.03. The second-order valence-electron chi connectivity index (χ2n) is 6.24. The number of anilines is 1. The first-order valence-corrected chi connectivity index (χ1v) is 7.82. The number of piperazine rings is 1. The van der Waals surface area contributed by atoms with Crippen molar-refractivity contribution in [1.29, 1.82) is 0 Å². The van der Waals surface area contributed by atoms with Gasteiger partial charge in [0.25, 0.3) is 0 Å². The number of β-amino-alcohol motifs (C(OH)–C–C–N with tert-alkyl or cyclic N) is 1. The van der Waals surface area contributed by atoms with Gasteiger partial charge in [0.2, 0.25) is 0 Å². The second-order valence-corrected chi connectivity index (χ2v) is 6.24. The van der Waals surface area contributed by atoms with Crippen LogP contribution in [0, 0.1) is 12.3 Å². The fourth-order valence-corrected chi connectivity index (χ4v) is 2.52. The number of ether oxygens (including phenoxy) is 1. The lowest BCUT2D eigenvalue weighted by Crippen LogP contribution is -2.49. The van der Waals surface area contributed by atoms with Gasteiger partial charge in [0.05, 0.1) is 12.7 Å². The molecule has 0 bridgehead atoms. The van der Waals surface area contributed by atoms with Crippen molar-refractivity contribution in [2.45, 2.75) is 25.6 Å². The molecule has 1 aromatic carbocycles. The van der Waals surface area contributed by atoms with Gasteiger partial charge < -0.3 is 14.7 Å². The average molecular weight is 302 g/mol. The Kier molecular flexibility index (Phi) is 5.84. The molecule has 2 rings (SSSR count). The second kappa shape index (κ2) is 7.64. The van der Waals surface area contributed by atoms with E-state index in [-0.39, 0.29) is 6.61 Å². The van der Waals surface area contributed by atoms with E-state index in [1.165, 1.54) is 5.69 Å². The highest BCUT2D eigenvalue weighted by atomic mass is 16.5. The van der Waals surface area contributed by atoms with E-state index in [0.29, 0.717) is 6.54 Å². The Labute approximate surface area is 133 Å². The molecular weight excluding hydrogens is 276 g/mol. The highest BCUT2D eigenvalue weighted by Gasteiger charge is 2.21. The molecule has 1 aromatic rings. The van der Waals surface area contributed by atoms with Crippen LogP contribution < -0.4 is 4.90 Å². The molecule has 0 saturated carbocycles. The molecule has 4 heteroatoms. The molecule has 1 N–H and O–H groups in total. The third-order valence-electron chi connectivity index (χ3n) is 3.95. The number of benzene rings is 1. The molecule has 0 aliphatic carbocycles. The summed E-state index contributed by atoms with van der Waals surface area (Å²) in [5.41, 5.74) is 0.647. The maximum absolute atomic E-state index is 10.1. The first-order chi connectivity index (χ1) is 10.5. The molecule has 22 heavy (non-hydrogen) atoms. The van der Waals surface area contributed by atoms with E-state index in [9.17, 15) is 5.11 Å². The highest BCUT2D eigenvalue weighted by Crippen LogP contribution is 2.15. The van der Waals surface area contributed by atoms with E-state index in [4.69, 9.17) is 11.2 Å². The minimum absolute atomic E-state index is 0.274. The Bertz CT molecular complexity index is 488. The summed E-state index contributed by atoms with van der Waals surface area (Å²) in [6.45, 7) is 8.42. The van der Waals surface area contributed by atoms with E-state index in [1.54, 1.807) is 0 Å². The zero-order valence-electron chi connectivity index (χ0n) is 13.5. The van der Waals surface area contributed by atoms with Crippen molar-refractivity contribution in [3.8, 4) is 12.3 Å². The van der Waals surface area contributed by atoms with Crippen LogP contribution in [0.5, 0.6) is 0 Å². The maximum atomic E-state index is 10.1. The van der Waals surface area contributed by atoms with Gasteiger partial charge >= 0.3 is 0 Å². The van der Waals surface area contributed by atoms with Gasteiger partial charge in [0.1, 0.15) is 5.60 Å². The van der Waals surface area contributed by atoms with E-state index >= 15 is 0 Å². The van der Waals surface area contributed by atoms with Crippen LogP contribution in [-0.2, 0) is 4.74 Å². The molecular formula is C18H26N2O2. The zero-order chi connectivity index (χ0) is 16.0. The number of rotatable bonds is 6. The lowest BCUT2D eigenvalue weighted by molar-refractivity contribution is -0.0376. The van der Waals surface area contributed by atoms with Crippen molar-refractivity contribution < 1.29 is 9.84 Å². The summed E-state index contributed by atoms with van der Waals surface area (Å²) in [6, 6.07) is 10.4. The van der Waals surface area contributed by atoms with Crippen molar-refractivity contribution >= 4 is 5.69 Å².